The number of aryl methyl sites for hydroxylation is 2. The van der Waals surface area contributed by atoms with Crippen molar-refractivity contribution in [2.45, 2.75) is 51.2 Å². The quantitative estimate of drug-likeness (QED) is 0.759. The summed E-state index contributed by atoms with van der Waals surface area (Å²) in [6.45, 7) is 5.77. The third-order valence-corrected chi connectivity index (χ3v) is 6.23. The Morgan fingerprint density at radius 2 is 1.82 bits per heavy atom. The third-order valence-electron chi connectivity index (χ3n) is 6.23. The van der Waals surface area contributed by atoms with Crippen LogP contribution in [0.3, 0.4) is 0 Å². The Kier molecular flexibility index (Phi) is 3.30. The summed E-state index contributed by atoms with van der Waals surface area (Å²) in [6, 6.07) is 4.52. The lowest BCUT2D eigenvalue weighted by Crippen LogP contribution is -2.57. The summed E-state index contributed by atoms with van der Waals surface area (Å²) in [4.78, 5) is 22.4. The molecule has 3 saturated heterocycles. The van der Waals surface area contributed by atoms with Gasteiger partial charge in [0.1, 0.15) is 5.39 Å². The molecule has 4 aliphatic rings. The number of aromatic nitrogens is 4. The highest BCUT2D eigenvalue weighted by Gasteiger charge is 2.39. The Morgan fingerprint density at radius 3 is 2.46 bits per heavy atom. The molecule has 2 unspecified atom stereocenters. The number of fused-ring (bicyclic) bond motifs is 3. The predicted octanol–water partition coefficient (Wildman–Crippen LogP) is 2.58. The molecule has 0 spiro atoms. The van der Waals surface area contributed by atoms with Crippen LogP contribution in [0.15, 0.2) is 23.1 Å². The lowest BCUT2D eigenvalue weighted by atomic mass is 9.99. The average molecular weight is 377 g/mol. The summed E-state index contributed by atoms with van der Waals surface area (Å²) in [6.07, 6.45) is 5.99. The van der Waals surface area contributed by atoms with E-state index in [1.165, 1.54) is 29.5 Å². The molecule has 1 aliphatic carbocycles. The van der Waals surface area contributed by atoms with Crippen LogP contribution in [0.2, 0.25) is 0 Å². The molecule has 3 aromatic rings. The molecule has 0 amide bonds. The molecule has 0 radical (unpaired) electrons. The fourth-order valence-corrected chi connectivity index (χ4v) is 4.70. The van der Waals surface area contributed by atoms with Gasteiger partial charge in [0, 0.05) is 25.7 Å². The van der Waals surface area contributed by atoms with Crippen molar-refractivity contribution < 1.29 is 4.74 Å². The molecule has 2 aromatic heterocycles. The van der Waals surface area contributed by atoms with Gasteiger partial charge in [-0.25, -0.2) is 4.68 Å². The van der Waals surface area contributed by atoms with Crippen molar-refractivity contribution in [1.82, 2.24) is 19.7 Å². The molecule has 28 heavy (non-hydrogen) atoms. The number of rotatable bonds is 3. The van der Waals surface area contributed by atoms with E-state index in [4.69, 9.17) is 4.74 Å². The molecule has 1 aromatic carbocycles. The number of ether oxygens (including phenoxy) is 1. The molecule has 3 aliphatic heterocycles. The van der Waals surface area contributed by atoms with Gasteiger partial charge >= 0.3 is 0 Å². The Labute approximate surface area is 162 Å². The predicted molar refractivity (Wildman–Crippen MR) is 106 cm³/mol. The van der Waals surface area contributed by atoms with Gasteiger partial charge in [0.2, 0.25) is 5.95 Å². The van der Waals surface area contributed by atoms with Crippen LogP contribution in [0.4, 0.5) is 5.95 Å². The molecule has 7 heteroatoms. The molecule has 5 heterocycles. The van der Waals surface area contributed by atoms with Gasteiger partial charge in [0.25, 0.3) is 5.56 Å². The highest BCUT2D eigenvalue weighted by atomic mass is 16.5. The maximum atomic E-state index is 12.7. The van der Waals surface area contributed by atoms with Gasteiger partial charge in [-0.05, 0) is 49.3 Å². The molecule has 2 atom stereocenters. The van der Waals surface area contributed by atoms with Gasteiger partial charge in [-0.15, -0.1) is 5.10 Å². The van der Waals surface area contributed by atoms with Crippen molar-refractivity contribution in [2.24, 2.45) is 0 Å². The fraction of sp³-hybridized carbons (Fsp3) is 0.476. The second kappa shape index (κ2) is 5.67. The standard InChI is InChI=1S/C21H23N5O2/c1-11-5-14(13-3-4-13)6-12(2)18(11)26-10-17-19(24-26)22-21(23-20(17)27)25-8-15-7-16(9-25)28-15/h5-6,10,13,15-16H,3-4,7-9H2,1-2H3,(H,22,23,24,27). The molecular weight excluding hydrogens is 354 g/mol. The zero-order valence-corrected chi connectivity index (χ0v) is 16.1. The largest absolute Gasteiger partial charge is 0.371 e. The van der Waals surface area contributed by atoms with E-state index in [1.54, 1.807) is 6.20 Å². The minimum Gasteiger partial charge on any atom is -0.371 e. The minimum absolute atomic E-state index is 0.142. The number of nitrogens with zero attached hydrogens (tertiary/aromatic N) is 4. The molecule has 7 rings (SSSR count). The topological polar surface area (TPSA) is 76.0 Å². The van der Waals surface area contributed by atoms with Crippen molar-refractivity contribution in [2.75, 3.05) is 18.0 Å². The number of aromatic amines is 1. The summed E-state index contributed by atoms with van der Waals surface area (Å²) >= 11 is 0. The first-order chi connectivity index (χ1) is 13.5. The third kappa shape index (κ3) is 2.49. The highest BCUT2D eigenvalue weighted by Crippen LogP contribution is 2.41. The first-order valence-corrected chi connectivity index (χ1v) is 10.1. The average Bonchev–Trinajstić information content (AvgIpc) is 3.41. The molecule has 4 fully saturated rings. The summed E-state index contributed by atoms with van der Waals surface area (Å²) in [5, 5.41) is 5.19. The van der Waals surface area contributed by atoms with Crippen molar-refractivity contribution in [3.8, 4) is 5.69 Å². The van der Waals surface area contributed by atoms with E-state index in [2.05, 4.69) is 45.9 Å². The van der Waals surface area contributed by atoms with Crippen molar-refractivity contribution in [3.05, 3.63) is 45.4 Å². The lowest BCUT2D eigenvalue weighted by Gasteiger charge is -2.47. The number of morpholine rings is 1. The minimum atomic E-state index is -0.142. The van der Waals surface area contributed by atoms with E-state index in [1.807, 2.05) is 4.68 Å². The summed E-state index contributed by atoms with van der Waals surface area (Å²) in [7, 11) is 0. The van der Waals surface area contributed by atoms with E-state index in [0.29, 0.717) is 17.0 Å². The first kappa shape index (κ1) is 16.3. The molecule has 144 valence electrons. The first-order valence-electron chi connectivity index (χ1n) is 10.1. The van der Waals surface area contributed by atoms with Crippen LogP contribution in [0.5, 0.6) is 0 Å². The van der Waals surface area contributed by atoms with E-state index in [-0.39, 0.29) is 17.8 Å². The fourth-order valence-electron chi connectivity index (χ4n) is 4.70. The van der Waals surface area contributed by atoms with E-state index in [9.17, 15) is 4.79 Å². The number of benzene rings is 1. The van der Waals surface area contributed by atoms with E-state index < -0.39 is 0 Å². The van der Waals surface area contributed by atoms with Crippen LogP contribution in [0.25, 0.3) is 16.7 Å². The van der Waals surface area contributed by atoms with Gasteiger partial charge in [-0.2, -0.15) is 4.98 Å². The number of hydrogen-bond donors (Lipinski definition) is 1. The van der Waals surface area contributed by atoms with E-state index >= 15 is 0 Å². The molecule has 7 nitrogen and oxygen atoms in total. The van der Waals surface area contributed by atoms with Crippen molar-refractivity contribution in [3.63, 3.8) is 0 Å². The second-order valence-corrected chi connectivity index (χ2v) is 8.50. The Hall–Kier alpha value is -2.67. The number of piperidine rings is 1. The number of H-pyrrole nitrogens is 1. The summed E-state index contributed by atoms with van der Waals surface area (Å²) < 4.78 is 7.50. The number of nitrogens with one attached hydrogen (secondary N) is 1. The Bertz CT molecular complexity index is 1120. The van der Waals surface area contributed by atoms with Crippen LogP contribution in [0, 0.1) is 13.8 Å². The van der Waals surface area contributed by atoms with Gasteiger partial charge in [-0.1, -0.05) is 12.1 Å². The Morgan fingerprint density at radius 1 is 1.14 bits per heavy atom. The number of hydrogen-bond acceptors (Lipinski definition) is 5. The molecule has 1 saturated carbocycles. The van der Waals surface area contributed by atoms with Crippen LogP contribution in [0.1, 0.15) is 41.9 Å². The van der Waals surface area contributed by atoms with Crippen LogP contribution in [-0.2, 0) is 4.74 Å². The zero-order valence-electron chi connectivity index (χ0n) is 16.1. The smallest absolute Gasteiger partial charge is 0.263 e. The second-order valence-electron chi connectivity index (χ2n) is 8.50. The molecular formula is C21H23N5O2. The van der Waals surface area contributed by atoms with Gasteiger partial charge < -0.3 is 9.64 Å². The summed E-state index contributed by atoms with van der Waals surface area (Å²) in [5.41, 5.74) is 5.16. The van der Waals surface area contributed by atoms with Crippen molar-refractivity contribution in [1.29, 1.82) is 0 Å². The van der Waals surface area contributed by atoms with Gasteiger partial charge in [0.15, 0.2) is 5.65 Å². The normalized spacial score (nSPS) is 23.9. The highest BCUT2D eigenvalue weighted by molar-refractivity contribution is 5.75. The van der Waals surface area contributed by atoms with Crippen LogP contribution < -0.4 is 10.5 Å². The maximum absolute atomic E-state index is 12.7. The SMILES string of the molecule is Cc1cc(C2CC2)cc(C)c1-n1cc2c(=O)[nH]c(N3CC4CC(C3)O4)nc2n1. The Balaban J connectivity index is 1.42. The molecule has 1 N–H and O–H groups in total. The lowest BCUT2D eigenvalue weighted by molar-refractivity contribution is -0.133. The van der Waals surface area contributed by atoms with Crippen molar-refractivity contribution >= 4 is 17.0 Å². The van der Waals surface area contributed by atoms with Gasteiger partial charge in [0.05, 0.1) is 17.9 Å². The van der Waals surface area contributed by atoms with E-state index in [0.717, 1.165) is 31.1 Å². The van der Waals surface area contributed by atoms with Crippen LogP contribution in [-0.4, -0.2) is 45.0 Å². The zero-order chi connectivity index (χ0) is 19.0. The molecule has 2 bridgehead atoms. The monoisotopic (exact) mass is 377 g/mol. The maximum Gasteiger partial charge on any atom is 0.263 e. The number of anilines is 1. The van der Waals surface area contributed by atoms with Gasteiger partial charge in [-0.3, -0.25) is 9.78 Å². The van der Waals surface area contributed by atoms with Crippen LogP contribution >= 0.6 is 0 Å². The summed E-state index contributed by atoms with van der Waals surface area (Å²) in [5.74, 6) is 1.31.